The minimum atomic E-state index is -1.47. The van der Waals surface area contributed by atoms with Crippen LogP contribution in [0.3, 0.4) is 0 Å². The molecule has 0 aromatic heterocycles. The second-order valence-electron chi connectivity index (χ2n) is 9.09. The van der Waals surface area contributed by atoms with Gasteiger partial charge in [-0.15, -0.1) is 0 Å². The lowest BCUT2D eigenvalue weighted by molar-refractivity contribution is -0.232. The van der Waals surface area contributed by atoms with Crippen LogP contribution in [0, 0.1) is 5.92 Å². The van der Waals surface area contributed by atoms with Gasteiger partial charge in [0.15, 0.2) is 0 Å². The number of ether oxygens (including phenoxy) is 3. The summed E-state index contributed by atoms with van der Waals surface area (Å²) < 4.78 is 17.5. The van der Waals surface area contributed by atoms with E-state index >= 15 is 0 Å². The zero-order valence-electron chi connectivity index (χ0n) is 19.3. The van der Waals surface area contributed by atoms with E-state index in [0.29, 0.717) is 41.9 Å². The highest BCUT2D eigenvalue weighted by atomic mass is 35.5. The van der Waals surface area contributed by atoms with Gasteiger partial charge in [0.2, 0.25) is 0 Å². The molecule has 2 aliphatic rings. The molecule has 0 spiro atoms. The van der Waals surface area contributed by atoms with Crippen molar-refractivity contribution in [2.24, 2.45) is 5.92 Å². The molecule has 1 aliphatic heterocycles. The third-order valence-electron chi connectivity index (χ3n) is 6.71. The van der Waals surface area contributed by atoms with Crippen LogP contribution in [-0.4, -0.2) is 64.7 Å². The van der Waals surface area contributed by atoms with Crippen LogP contribution in [0.25, 0.3) is 0 Å². The maximum absolute atomic E-state index is 10.7. The highest BCUT2D eigenvalue weighted by Crippen LogP contribution is 2.40. The molecule has 2 fully saturated rings. The number of hydrogen-bond acceptors (Lipinski definition) is 7. The molecule has 2 aromatic rings. The van der Waals surface area contributed by atoms with Crippen molar-refractivity contribution in [2.75, 3.05) is 19.8 Å². The zero-order chi connectivity index (χ0) is 24.2. The van der Waals surface area contributed by atoms with Gasteiger partial charge in [-0.25, -0.2) is 0 Å². The summed E-state index contributed by atoms with van der Waals surface area (Å²) in [5.41, 5.74) is 2.35. The minimum absolute atomic E-state index is 0.469. The van der Waals surface area contributed by atoms with Gasteiger partial charge in [-0.3, -0.25) is 0 Å². The number of hydrogen-bond donors (Lipinski definition) is 4. The molecule has 1 aliphatic carbocycles. The molecule has 5 atom stereocenters. The van der Waals surface area contributed by atoms with Crippen LogP contribution >= 0.6 is 11.6 Å². The van der Waals surface area contributed by atoms with Gasteiger partial charge < -0.3 is 34.6 Å². The number of aliphatic hydroxyl groups is 4. The first kappa shape index (κ1) is 25.2. The highest BCUT2D eigenvalue weighted by Gasteiger charge is 2.45. The first-order valence-electron chi connectivity index (χ1n) is 11.9. The van der Waals surface area contributed by atoms with E-state index in [0.717, 1.165) is 29.7 Å². The smallest absolute Gasteiger partial charge is 0.126 e. The lowest BCUT2D eigenvalue weighted by atomic mass is 9.86. The Bertz CT molecular complexity index is 945. The van der Waals surface area contributed by atoms with E-state index in [1.165, 1.54) is 6.42 Å². The second-order valence-corrected chi connectivity index (χ2v) is 9.50. The quantitative estimate of drug-likeness (QED) is 0.426. The molecule has 0 radical (unpaired) electrons. The molecular formula is C26H33ClO7. The Kier molecular flexibility index (Phi) is 8.34. The predicted octanol–water partition coefficient (Wildman–Crippen LogP) is 3.02. The van der Waals surface area contributed by atoms with Crippen molar-refractivity contribution in [3.63, 3.8) is 0 Å². The molecule has 8 heteroatoms. The normalized spacial score (nSPS) is 27.3. The van der Waals surface area contributed by atoms with Gasteiger partial charge in [0.1, 0.15) is 42.0 Å². The van der Waals surface area contributed by atoms with Crippen molar-refractivity contribution in [3.8, 4) is 11.5 Å². The fourth-order valence-corrected chi connectivity index (χ4v) is 4.64. The molecule has 1 heterocycles. The maximum Gasteiger partial charge on any atom is 0.126 e. The SMILES string of the molecule is CCOc1ccc(Cc2cc([C@@H]3O[C@H](CO)[C@@H](O)[C@H](O)[C@H]3O)c(OCC3CCC3)cc2Cl)cc1. The van der Waals surface area contributed by atoms with Crippen molar-refractivity contribution in [3.05, 3.63) is 58.1 Å². The number of aliphatic hydroxyl groups excluding tert-OH is 4. The highest BCUT2D eigenvalue weighted by molar-refractivity contribution is 6.31. The van der Waals surface area contributed by atoms with Gasteiger partial charge in [0.05, 0.1) is 19.8 Å². The summed E-state index contributed by atoms with van der Waals surface area (Å²) in [5, 5.41) is 41.4. The standard InChI is InChI=1S/C26H33ClO7/c1-2-32-18-8-6-15(7-9-18)10-17-11-19(21(12-20(17)27)33-14-16-4-3-5-16)26-25(31)24(30)23(29)22(13-28)34-26/h6-9,11-12,16,22-26,28-31H,2-5,10,13-14H2,1H3/t22-,23-,24+,25-,26+/m1/s1. The van der Waals surface area contributed by atoms with Crippen LogP contribution in [0.1, 0.15) is 49.0 Å². The van der Waals surface area contributed by atoms with Crippen LogP contribution in [0.5, 0.6) is 11.5 Å². The van der Waals surface area contributed by atoms with E-state index in [4.69, 9.17) is 25.8 Å². The van der Waals surface area contributed by atoms with Gasteiger partial charge in [0.25, 0.3) is 0 Å². The predicted molar refractivity (Wildman–Crippen MR) is 127 cm³/mol. The van der Waals surface area contributed by atoms with E-state index in [1.54, 1.807) is 6.07 Å². The Labute approximate surface area is 204 Å². The molecule has 0 unspecified atom stereocenters. The summed E-state index contributed by atoms with van der Waals surface area (Å²) in [7, 11) is 0. The Balaban J connectivity index is 1.65. The fourth-order valence-electron chi connectivity index (χ4n) is 4.42. The van der Waals surface area contributed by atoms with E-state index in [2.05, 4.69) is 0 Å². The van der Waals surface area contributed by atoms with E-state index in [-0.39, 0.29) is 0 Å². The lowest BCUT2D eigenvalue weighted by Crippen LogP contribution is -2.55. The first-order valence-corrected chi connectivity index (χ1v) is 12.3. The second kappa shape index (κ2) is 11.2. The summed E-state index contributed by atoms with van der Waals surface area (Å²) in [6, 6.07) is 11.3. The first-order chi connectivity index (χ1) is 16.4. The van der Waals surface area contributed by atoms with Crippen molar-refractivity contribution in [2.45, 2.75) is 63.1 Å². The molecule has 1 saturated heterocycles. The number of halogens is 1. The van der Waals surface area contributed by atoms with Crippen molar-refractivity contribution in [1.29, 1.82) is 0 Å². The number of rotatable bonds is 9. The Hall–Kier alpha value is -1.87. The molecule has 4 rings (SSSR count). The van der Waals surface area contributed by atoms with E-state index in [9.17, 15) is 20.4 Å². The Morgan fingerprint density at radius 2 is 1.74 bits per heavy atom. The van der Waals surface area contributed by atoms with Crippen molar-refractivity contribution >= 4 is 11.6 Å². The van der Waals surface area contributed by atoms with E-state index < -0.39 is 37.1 Å². The van der Waals surface area contributed by atoms with Gasteiger partial charge in [-0.05, 0) is 67.5 Å². The van der Waals surface area contributed by atoms with Crippen LogP contribution in [0.4, 0.5) is 0 Å². The Morgan fingerprint density at radius 3 is 2.35 bits per heavy atom. The summed E-state index contributed by atoms with van der Waals surface area (Å²) >= 11 is 6.64. The van der Waals surface area contributed by atoms with E-state index in [1.807, 2.05) is 37.3 Å². The summed E-state index contributed by atoms with van der Waals surface area (Å²) in [5.74, 6) is 1.74. The molecule has 4 N–H and O–H groups in total. The third kappa shape index (κ3) is 5.51. The maximum atomic E-state index is 10.7. The van der Waals surface area contributed by atoms with Gasteiger partial charge in [-0.1, -0.05) is 30.2 Å². The van der Waals surface area contributed by atoms with Crippen molar-refractivity contribution < 1.29 is 34.6 Å². The molecule has 2 aromatic carbocycles. The molecule has 34 heavy (non-hydrogen) atoms. The van der Waals surface area contributed by atoms with Gasteiger partial charge in [-0.2, -0.15) is 0 Å². The average molecular weight is 493 g/mol. The summed E-state index contributed by atoms with van der Waals surface area (Å²) in [6.07, 6.45) is -2.36. The average Bonchev–Trinajstić information content (AvgIpc) is 2.80. The molecule has 0 bridgehead atoms. The molecule has 186 valence electrons. The largest absolute Gasteiger partial charge is 0.494 e. The van der Waals surface area contributed by atoms with Crippen LogP contribution < -0.4 is 9.47 Å². The molecule has 1 saturated carbocycles. The fraction of sp³-hybridized carbons (Fsp3) is 0.538. The van der Waals surface area contributed by atoms with Crippen LogP contribution in [0.15, 0.2) is 36.4 Å². The number of benzene rings is 2. The monoisotopic (exact) mass is 492 g/mol. The van der Waals surface area contributed by atoms with Crippen molar-refractivity contribution in [1.82, 2.24) is 0 Å². The van der Waals surface area contributed by atoms with Crippen LogP contribution in [-0.2, 0) is 11.2 Å². The molecule has 7 nitrogen and oxygen atoms in total. The zero-order valence-corrected chi connectivity index (χ0v) is 20.0. The van der Waals surface area contributed by atoms with Gasteiger partial charge >= 0.3 is 0 Å². The summed E-state index contributed by atoms with van der Waals surface area (Å²) in [4.78, 5) is 0. The lowest BCUT2D eigenvalue weighted by Gasteiger charge is -2.40. The minimum Gasteiger partial charge on any atom is -0.494 e. The third-order valence-corrected chi connectivity index (χ3v) is 7.06. The summed E-state index contributed by atoms with van der Waals surface area (Å²) in [6.45, 7) is 2.56. The topological polar surface area (TPSA) is 109 Å². The Morgan fingerprint density at radius 1 is 1.00 bits per heavy atom. The van der Waals surface area contributed by atoms with Crippen LogP contribution in [0.2, 0.25) is 5.02 Å². The molecule has 0 amide bonds. The molecular weight excluding hydrogens is 460 g/mol. The van der Waals surface area contributed by atoms with Gasteiger partial charge in [0, 0.05) is 10.6 Å².